The predicted molar refractivity (Wildman–Crippen MR) is 106 cm³/mol. The van der Waals surface area contributed by atoms with Gasteiger partial charge in [0.15, 0.2) is 0 Å². The Morgan fingerprint density at radius 2 is 0.778 bits per heavy atom. The van der Waals surface area contributed by atoms with Crippen molar-refractivity contribution >= 4 is 72.3 Å². The fraction of sp³-hybridized carbons (Fsp3) is 1.00. The molecule has 6 heteroatoms. The SMILES string of the molecule is SCCSCCCSCCSCCCSCCS. The van der Waals surface area contributed by atoms with Crippen molar-refractivity contribution in [1.29, 1.82) is 0 Å². The van der Waals surface area contributed by atoms with E-state index < -0.39 is 0 Å². The molecule has 0 spiro atoms. The summed E-state index contributed by atoms with van der Waals surface area (Å²) in [5, 5.41) is 0. The lowest BCUT2D eigenvalue weighted by Crippen LogP contribution is -1.92. The van der Waals surface area contributed by atoms with Gasteiger partial charge in [-0.1, -0.05) is 0 Å². The van der Waals surface area contributed by atoms with E-state index in [0.29, 0.717) is 0 Å². The lowest BCUT2D eigenvalue weighted by molar-refractivity contribution is 1.12. The maximum Gasteiger partial charge on any atom is 0.00235 e. The fourth-order valence-corrected chi connectivity index (χ4v) is 5.73. The molecule has 0 N–H and O–H groups in total. The Kier molecular flexibility index (Phi) is 21.3. The summed E-state index contributed by atoms with van der Waals surface area (Å²) in [6.07, 6.45) is 2.71. The minimum Gasteiger partial charge on any atom is -0.179 e. The second-order valence-electron chi connectivity index (χ2n) is 3.60. The number of hydrogen-bond donors (Lipinski definition) is 2. The van der Waals surface area contributed by atoms with Crippen LogP contribution in [0.25, 0.3) is 0 Å². The van der Waals surface area contributed by atoms with Gasteiger partial charge in [-0.3, -0.25) is 0 Å². The van der Waals surface area contributed by atoms with E-state index in [1.165, 1.54) is 58.9 Å². The van der Waals surface area contributed by atoms with Gasteiger partial charge < -0.3 is 0 Å². The number of thiol groups is 2. The molecule has 0 heterocycles. The van der Waals surface area contributed by atoms with E-state index >= 15 is 0 Å². The van der Waals surface area contributed by atoms with Crippen molar-refractivity contribution in [2.24, 2.45) is 0 Å². The summed E-state index contributed by atoms with van der Waals surface area (Å²) in [5.41, 5.74) is 0. The zero-order chi connectivity index (χ0) is 13.3. The van der Waals surface area contributed by atoms with Gasteiger partial charge in [-0.25, -0.2) is 0 Å². The minimum absolute atomic E-state index is 1.01. The molecule has 0 aromatic rings. The van der Waals surface area contributed by atoms with E-state index in [9.17, 15) is 0 Å². The Labute approximate surface area is 142 Å². The van der Waals surface area contributed by atoms with Gasteiger partial charge in [-0.15, -0.1) is 0 Å². The Morgan fingerprint density at radius 3 is 1.11 bits per heavy atom. The van der Waals surface area contributed by atoms with E-state index in [4.69, 9.17) is 0 Å². The van der Waals surface area contributed by atoms with Crippen LogP contribution in [-0.4, -0.2) is 57.5 Å². The van der Waals surface area contributed by atoms with Crippen molar-refractivity contribution in [3.8, 4) is 0 Å². The second-order valence-corrected chi connectivity index (χ2v) is 9.40. The molecule has 0 saturated heterocycles. The average molecular weight is 363 g/mol. The van der Waals surface area contributed by atoms with Crippen molar-refractivity contribution in [2.75, 3.05) is 57.5 Å². The molecule has 0 aromatic carbocycles. The van der Waals surface area contributed by atoms with Gasteiger partial charge >= 0.3 is 0 Å². The van der Waals surface area contributed by atoms with Crippen LogP contribution in [0.2, 0.25) is 0 Å². The van der Waals surface area contributed by atoms with Crippen LogP contribution in [-0.2, 0) is 0 Å². The highest BCUT2D eigenvalue weighted by molar-refractivity contribution is 8.03. The first-order valence-electron chi connectivity index (χ1n) is 6.44. The Morgan fingerprint density at radius 1 is 0.444 bits per heavy atom. The first kappa shape index (κ1) is 20.1. The topological polar surface area (TPSA) is 0 Å². The maximum atomic E-state index is 4.20. The summed E-state index contributed by atoms with van der Waals surface area (Å²) in [4.78, 5) is 0. The van der Waals surface area contributed by atoms with Crippen LogP contribution in [0.4, 0.5) is 0 Å². The highest BCUT2D eigenvalue weighted by Gasteiger charge is 1.93. The van der Waals surface area contributed by atoms with Crippen molar-refractivity contribution in [3.05, 3.63) is 0 Å². The predicted octanol–water partition coefficient (Wildman–Crippen LogP) is 4.56. The molecule has 0 rings (SSSR count). The van der Waals surface area contributed by atoms with Crippen molar-refractivity contribution in [3.63, 3.8) is 0 Å². The smallest absolute Gasteiger partial charge is 0.00235 e. The van der Waals surface area contributed by atoms with Crippen LogP contribution >= 0.6 is 72.3 Å². The molecule has 0 fully saturated rings. The molecule has 0 atom stereocenters. The molecule has 0 bridgehead atoms. The summed E-state index contributed by atoms with van der Waals surface area (Å²) in [6.45, 7) is 0. The van der Waals surface area contributed by atoms with Crippen LogP contribution in [0.1, 0.15) is 12.8 Å². The third kappa shape index (κ3) is 18.1. The molecule has 0 radical (unpaired) electrons. The first-order chi connectivity index (χ1) is 8.91. The maximum absolute atomic E-state index is 4.20. The molecular formula is C12H26S6. The molecule has 0 aliphatic heterocycles. The molecule has 0 unspecified atom stereocenters. The molecule has 0 nitrogen and oxygen atoms in total. The van der Waals surface area contributed by atoms with Gasteiger partial charge in [0.2, 0.25) is 0 Å². The summed E-state index contributed by atoms with van der Waals surface area (Å²) in [6, 6.07) is 0. The van der Waals surface area contributed by atoms with E-state index in [2.05, 4.69) is 48.8 Å². The van der Waals surface area contributed by atoms with Gasteiger partial charge in [0.1, 0.15) is 0 Å². The Balaban J connectivity index is 2.86. The summed E-state index contributed by atoms with van der Waals surface area (Å²) in [5.74, 6) is 12.4. The molecule has 0 saturated carbocycles. The zero-order valence-corrected chi connectivity index (χ0v) is 16.1. The van der Waals surface area contributed by atoms with Crippen LogP contribution in [0.15, 0.2) is 0 Å². The second kappa shape index (κ2) is 19.1. The standard InChI is InChI=1S/C12H26S6/c13-3-9-15-5-1-7-17-11-12-18-8-2-6-16-10-4-14/h13-14H,1-12H2. The summed E-state index contributed by atoms with van der Waals surface area (Å²) in [7, 11) is 0. The van der Waals surface area contributed by atoms with Crippen molar-refractivity contribution in [2.45, 2.75) is 12.8 Å². The quantitative estimate of drug-likeness (QED) is 0.323. The highest BCUT2D eigenvalue weighted by Crippen LogP contribution is 2.12. The average Bonchev–Trinajstić information content (AvgIpc) is 2.39. The molecule has 0 amide bonds. The molecule has 0 aliphatic rings. The monoisotopic (exact) mass is 362 g/mol. The normalized spacial score (nSPS) is 11.0. The zero-order valence-electron chi connectivity index (χ0n) is 11.0. The van der Waals surface area contributed by atoms with Crippen molar-refractivity contribution < 1.29 is 0 Å². The molecule has 110 valence electrons. The van der Waals surface area contributed by atoms with Gasteiger partial charge in [-0.05, 0) is 47.4 Å². The molecule has 0 aromatic heterocycles. The molecule has 0 aliphatic carbocycles. The minimum atomic E-state index is 1.01. The number of rotatable bonds is 15. The number of thioether (sulfide) groups is 4. The van der Waals surface area contributed by atoms with E-state index in [1.807, 2.05) is 23.5 Å². The third-order valence-electron chi connectivity index (χ3n) is 2.00. The van der Waals surface area contributed by atoms with Crippen LogP contribution < -0.4 is 0 Å². The van der Waals surface area contributed by atoms with Gasteiger partial charge in [0.05, 0.1) is 0 Å². The molecular weight excluding hydrogens is 337 g/mol. The first-order valence-corrected chi connectivity index (χ1v) is 12.3. The van der Waals surface area contributed by atoms with Crippen LogP contribution in [0.3, 0.4) is 0 Å². The largest absolute Gasteiger partial charge is 0.179 e. The van der Waals surface area contributed by atoms with Crippen LogP contribution in [0.5, 0.6) is 0 Å². The van der Waals surface area contributed by atoms with E-state index in [0.717, 1.165) is 11.5 Å². The van der Waals surface area contributed by atoms with Gasteiger partial charge in [0.25, 0.3) is 0 Å². The lowest BCUT2D eigenvalue weighted by Gasteiger charge is -2.03. The number of hydrogen-bond acceptors (Lipinski definition) is 6. The van der Waals surface area contributed by atoms with Gasteiger partial charge in [0, 0.05) is 23.0 Å². The molecule has 18 heavy (non-hydrogen) atoms. The summed E-state index contributed by atoms with van der Waals surface area (Å²) >= 11 is 16.7. The highest BCUT2D eigenvalue weighted by atomic mass is 32.2. The van der Waals surface area contributed by atoms with Gasteiger partial charge in [-0.2, -0.15) is 72.3 Å². The third-order valence-corrected chi connectivity index (χ3v) is 7.59. The Hall–Kier alpha value is 2.10. The van der Waals surface area contributed by atoms with Crippen molar-refractivity contribution in [1.82, 2.24) is 0 Å². The van der Waals surface area contributed by atoms with E-state index in [-0.39, 0.29) is 0 Å². The fourth-order valence-electron chi connectivity index (χ4n) is 1.18. The van der Waals surface area contributed by atoms with E-state index in [1.54, 1.807) is 0 Å². The Bertz CT molecular complexity index is 129. The lowest BCUT2D eigenvalue weighted by atomic mass is 10.6. The van der Waals surface area contributed by atoms with Crippen LogP contribution in [0, 0.1) is 0 Å². The summed E-state index contributed by atoms with van der Waals surface area (Å²) < 4.78 is 0.